The van der Waals surface area contributed by atoms with Crippen molar-refractivity contribution >= 4 is 11.4 Å². The molecular formula is C32H46N4O3. The average Bonchev–Trinajstić information content (AvgIpc) is 3.35. The molecule has 0 saturated carbocycles. The molecule has 1 aromatic carbocycles. The summed E-state index contributed by atoms with van der Waals surface area (Å²) < 4.78 is 13.1. The van der Waals surface area contributed by atoms with E-state index in [9.17, 15) is 4.79 Å². The second kappa shape index (κ2) is 14.4. The van der Waals surface area contributed by atoms with Gasteiger partial charge in [-0.1, -0.05) is 33.1 Å². The lowest BCUT2D eigenvalue weighted by Crippen LogP contribution is -2.33. The zero-order valence-electron chi connectivity index (χ0n) is 24.4. The van der Waals surface area contributed by atoms with Crippen LogP contribution < -0.4 is 9.47 Å². The van der Waals surface area contributed by atoms with Crippen molar-refractivity contribution in [2.24, 2.45) is 0 Å². The van der Waals surface area contributed by atoms with Crippen LogP contribution in [0, 0.1) is 0 Å². The maximum Gasteiger partial charge on any atom is 0.253 e. The maximum absolute atomic E-state index is 13.6. The second-order valence-corrected chi connectivity index (χ2v) is 10.7. The fourth-order valence-corrected chi connectivity index (χ4v) is 5.51. The summed E-state index contributed by atoms with van der Waals surface area (Å²) in [7, 11) is 3.34. The Kier molecular flexibility index (Phi) is 10.7. The van der Waals surface area contributed by atoms with E-state index in [2.05, 4.69) is 24.8 Å². The van der Waals surface area contributed by atoms with E-state index in [1.165, 1.54) is 37.9 Å². The molecule has 3 aromatic rings. The van der Waals surface area contributed by atoms with Crippen LogP contribution in [0.3, 0.4) is 0 Å². The number of unbranched alkanes of at least 4 members (excludes halogenated alkanes) is 2. The lowest BCUT2D eigenvalue weighted by molar-refractivity contribution is 0.0751. The van der Waals surface area contributed by atoms with Crippen molar-refractivity contribution in [2.75, 3.05) is 46.9 Å². The SMILES string of the molecule is CCCCN(CCCC)C(=O)c1ccn2nc(-c3cc(OC)cc(OC)c3)c(CCCN3CCCCC3)c2c1. The van der Waals surface area contributed by atoms with Crippen LogP contribution in [0.15, 0.2) is 36.5 Å². The van der Waals surface area contributed by atoms with E-state index in [4.69, 9.17) is 14.6 Å². The van der Waals surface area contributed by atoms with Crippen LogP contribution in [-0.4, -0.2) is 72.3 Å². The number of ether oxygens (including phenoxy) is 2. The fraction of sp³-hybridized carbons (Fsp3) is 0.562. The van der Waals surface area contributed by atoms with Crippen LogP contribution in [0.25, 0.3) is 16.8 Å². The molecule has 0 unspecified atom stereocenters. The summed E-state index contributed by atoms with van der Waals surface area (Å²) in [6.45, 7) is 9.42. The molecule has 0 N–H and O–H groups in total. The number of hydrogen-bond acceptors (Lipinski definition) is 5. The summed E-state index contributed by atoms with van der Waals surface area (Å²) in [6, 6.07) is 9.88. The Morgan fingerprint density at radius 3 is 2.21 bits per heavy atom. The van der Waals surface area contributed by atoms with Crippen LogP contribution >= 0.6 is 0 Å². The number of nitrogens with zero attached hydrogens (tertiary/aromatic N) is 4. The number of pyridine rings is 1. The minimum Gasteiger partial charge on any atom is -0.497 e. The number of piperidine rings is 1. The van der Waals surface area contributed by atoms with E-state index in [-0.39, 0.29) is 5.91 Å². The molecule has 1 fully saturated rings. The lowest BCUT2D eigenvalue weighted by atomic mass is 10.0. The second-order valence-electron chi connectivity index (χ2n) is 10.7. The third kappa shape index (κ3) is 7.33. The number of hydrogen-bond donors (Lipinski definition) is 0. The van der Waals surface area contributed by atoms with E-state index in [0.29, 0.717) is 0 Å². The van der Waals surface area contributed by atoms with Crippen molar-refractivity contribution in [3.8, 4) is 22.8 Å². The molecule has 4 rings (SSSR count). The van der Waals surface area contributed by atoms with Gasteiger partial charge < -0.3 is 19.3 Å². The standard InChI is InChI=1S/C32H46N4O3/c1-5-7-18-35(19-8-6-2)32(37)25-14-20-36-30(23-25)29(13-12-17-34-15-10-9-11-16-34)31(33-36)26-21-27(38-3)24-28(22-26)39-4/h14,20-24H,5-13,15-19H2,1-4H3. The molecule has 1 amide bonds. The highest BCUT2D eigenvalue weighted by Gasteiger charge is 2.21. The monoisotopic (exact) mass is 534 g/mol. The number of amides is 1. The van der Waals surface area contributed by atoms with Crippen LogP contribution in [0.1, 0.15) is 81.1 Å². The molecule has 3 heterocycles. The first-order valence-corrected chi connectivity index (χ1v) is 14.8. The van der Waals surface area contributed by atoms with Gasteiger partial charge >= 0.3 is 0 Å². The summed E-state index contributed by atoms with van der Waals surface area (Å²) in [5.41, 5.74) is 4.79. The molecule has 0 aliphatic carbocycles. The summed E-state index contributed by atoms with van der Waals surface area (Å²) in [6.07, 6.45) is 12.0. The number of benzene rings is 1. The molecule has 0 bridgehead atoms. The molecule has 39 heavy (non-hydrogen) atoms. The minimum absolute atomic E-state index is 0.115. The molecule has 7 nitrogen and oxygen atoms in total. The summed E-state index contributed by atoms with van der Waals surface area (Å²) in [5, 5.41) is 5.01. The Morgan fingerprint density at radius 1 is 0.923 bits per heavy atom. The normalized spacial score (nSPS) is 14.1. The van der Waals surface area contributed by atoms with Crippen molar-refractivity contribution in [2.45, 2.75) is 71.6 Å². The molecule has 212 valence electrons. The van der Waals surface area contributed by atoms with Crippen molar-refractivity contribution in [3.63, 3.8) is 0 Å². The average molecular weight is 535 g/mol. The van der Waals surface area contributed by atoms with Gasteiger partial charge in [-0.25, -0.2) is 4.52 Å². The predicted octanol–water partition coefficient (Wildman–Crippen LogP) is 6.48. The summed E-state index contributed by atoms with van der Waals surface area (Å²) in [4.78, 5) is 18.2. The first-order chi connectivity index (χ1) is 19.1. The van der Waals surface area contributed by atoms with Gasteiger partial charge in [0, 0.05) is 42.0 Å². The van der Waals surface area contributed by atoms with Gasteiger partial charge in [-0.05, 0) is 82.4 Å². The Morgan fingerprint density at radius 2 is 1.59 bits per heavy atom. The van der Waals surface area contributed by atoms with E-state index in [0.717, 1.165) is 92.0 Å². The number of fused-ring (bicyclic) bond motifs is 1. The van der Waals surface area contributed by atoms with Gasteiger partial charge in [-0.2, -0.15) is 5.10 Å². The molecule has 1 aliphatic heterocycles. The zero-order valence-corrected chi connectivity index (χ0v) is 24.4. The quantitative estimate of drug-likeness (QED) is 0.237. The molecule has 0 atom stereocenters. The Labute approximate surface area is 234 Å². The van der Waals surface area contributed by atoms with Crippen LogP contribution in [0.4, 0.5) is 0 Å². The first kappa shape index (κ1) is 28.9. The zero-order chi connectivity index (χ0) is 27.6. The Balaban J connectivity index is 1.71. The number of aromatic nitrogens is 2. The highest BCUT2D eigenvalue weighted by molar-refractivity contribution is 5.95. The van der Waals surface area contributed by atoms with E-state index < -0.39 is 0 Å². The van der Waals surface area contributed by atoms with Crippen LogP contribution in [0.5, 0.6) is 11.5 Å². The van der Waals surface area contributed by atoms with Gasteiger partial charge in [-0.15, -0.1) is 0 Å². The molecular weight excluding hydrogens is 488 g/mol. The van der Waals surface area contributed by atoms with Crippen LogP contribution in [0.2, 0.25) is 0 Å². The lowest BCUT2D eigenvalue weighted by Gasteiger charge is -2.26. The topological polar surface area (TPSA) is 59.3 Å². The van der Waals surface area contributed by atoms with Crippen molar-refractivity contribution in [3.05, 3.63) is 47.7 Å². The third-order valence-electron chi connectivity index (χ3n) is 7.81. The number of methoxy groups -OCH3 is 2. The number of carbonyl (C=O) groups excluding carboxylic acids is 1. The molecule has 0 spiro atoms. The molecule has 1 aliphatic rings. The number of aryl methyl sites for hydroxylation is 1. The van der Waals surface area contributed by atoms with Crippen LogP contribution in [-0.2, 0) is 6.42 Å². The molecule has 2 aromatic heterocycles. The number of rotatable bonds is 14. The Hall–Kier alpha value is -3.06. The largest absolute Gasteiger partial charge is 0.497 e. The van der Waals surface area contributed by atoms with E-state index in [1.807, 2.05) is 39.9 Å². The van der Waals surface area contributed by atoms with Gasteiger partial charge in [0.1, 0.15) is 11.5 Å². The van der Waals surface area contributed by atoms with Gasteiger partial charge in [-0.3, -0.25) is 4.79 Å². The summed E-state index contributed by atoms with van der Waals surface area (Å²) in [5.74, 6) is 1.59. The Bertz CT molecular complexity index is 1190. The summed E-state index contributed by atoms with van der Waals surface area (Å²) >= 11 is 0. The molecule has 7 heteroatoms. The highest BCUT2D eigenvalue weighted by atomic mass is 16.5. The first-order valence-electron chi connectivity index (χ1n) is 14.8. The third-order valence-corrected chi connectivity index (χ3v) is 7.81. The van der Waals surface area contributed by atoms with E-state index in [1.54, 1.807) is 14.2 Å². The fourth-order valence-electron chi connectivity index (χ4n) is 5.51. The van der Waals surface area contributed by atoms with Gasteiger partial charge in [0.05, 0.1) is 25.4 Å². The number of likely N-dealkylation sites (tertiary alicyclic amines) is 1. The van der Waals surface area contributed by atoms with Crippen molar-refractivity contribution < 1.29 is 14.3 Å². The molecule has 0 radical (unpaired) electrons. The molecule has 1 saturated heterocycles. The minimum atomic E-state index is 0.115. The van der Waals surface area contributed by atoms with Crippen molar-refractivity contribution in [1.29, 1.82) is 0 Å². The van der Waals surface area contributed by atoms with Gasteiger partial charge in [0.15, 0.2) is 0 Å². The predicted molar refractivity (Wildman–Crippen MR) is 158 cm³/mol. The smallest absolute Gasteiger partial charge is 0.253 e. The van der Waals surface area contributed by atoms with Crippen molar-refractivity contribution in [1.82, 2.24) is 19.4 Å². The highest BCUT2D eigenvalue weighted by Crippen LogP contribution is 2.34. The van der Waals surface area contributed by atoms with E-state index >= 15 is 0 Å². The maximum atomic E-state index is 13.6. The van der Waals surface area contributed by atoms with Gasteiger partial charge in [0.2, 0.25) is 0 Å². The number of carbonyl (C=O) groups is 1. The van der Waals surface area contributed by atoms with Gasteiger partial charge in [0.25, 0.3) is 5.91 Å².